The topological polar surface area (TPSA) is 53.1 Å². The lowest BCUT2D eigenvalue weighted by Gasteiger charge is -1.91. The van der Waals surface area contributed by atoms with Crippen LogP contribution in [0.5, 0.6) is 0 Å². The summed E-state index contributed by atoms with van der Waals surface area (Å²) in [5.74, 6) is -0.922. The number of carboxylic acids is 1. The average Bonchev–Trinajstić information content (AvgIpc) is 2.59. The highest BCUT2D eigenvalue weighted by Gasteiger charge is 1.96. The van der Waals surface area contributed by atoms with E-state index in [9.17, 15) is 4.79 Å². The number of H-pyrrole nitrogens is 1. The molecule has 0 saturated heterocycles. The third-order valence-corrected chi connectivity index (χ3v) is 1.99. The van der Waals surface area contributed by atoms with Gasteiger partial charge in [-0.3, -0.25) is 0 Å². The second-order valence-corrected chi connectivity index (χ2v) is 3.24. The van der Waals surface area contributed by atoms with E-state index in [1.807, 2.05) is 12.3 Å². The molecule has 1 aromatic rings. The van der Waals surface area contributed by atoms with Gasteiger partial charge in [-0.15, -0.1) is 0 Å². The third-order valence-electron chi connectivity index (χ3n) is 1.99. The van der Waals surface area contributed by atoms with Crippen LogP contribution in [0.1, 0.15) is 31.0 Å². The molecule has 0 spiro atoms. The largest absolute Gasteiger partial charge is 0.478 e. The number of aryl methyl sites for hydroxylation is 1. The van der Waals surface area contributed by atoms with Gasteiger partial charge in [0.05, 0.1) is 0 Å². The van der Waals surface area contributed by atoms with Crippen LogP contribution in [0.2, 0.25) is 0 Å². The van der Waals surface area contributed by atoms with Gasteiger partial charge in [-0.1, -0.05) is 13.3 Å². The maximum Gasteiger partial charge on any atom is 0.328 e. The van der Waals surface area contributed by atoms with Crippen LogP contribution in [0.3, 0.4) is 0 Å². The normalized spacial score (nSPS) is 10.9. The van der Waals surface area contributed by atoms with Crippen molar-refractivity contribution in [1.82, 2.24) is 4.98 Å². The molecule has 0 fully saturated rings. The predicted octanol–water partition coefficient (Wildman–Crippen LogP) is 2.46. The van der Waals surface area contributed by atoms with Crippen molar-refractivity contribution in [2.24, 2.45) is 0 Å². The molecule has 3 nitrogen and oxygen atoms in total. The Balaban J connectivity index is 2.54. The summed E-state index contributed by atoms with van der Waals surface area (Å²) in [6.07, 6.45) is 8.02. The Bertz CT molecular complexity index is 326. The minimum Gasteiger partial charge on any atom is -0.478 e. The van der Waals surface area contributed by atoms with Crippen LogP contribution in [-0.2, 0) is 11.2 Å². The number of rotatable bonds is 5. The fourth-order valence-electron chi connectivity index (χ4n) is 1.24. The van der Waals surface area contributed by atoms with Gasteiger partial charge >= 0.3 is 5.97 Å². The van der Waals surface area contributed by atoms with Crippen molar-refractivity contribution in [3.05, 3.63) is 29.6 Å². The third kappa shape index (κ3) is 3.47. The van der Waals surface area contributed by atoms with Crippen molar-refractivity contribution >= 4 is 12.0 Å². The molecule has 0 amide bonds. The fourth-order valence-corrected chi connectivity index (χ4v) is 1.24. The molecule has 0 aromatic carbocycles. The van der Waals surface area contributed by atoms with Gasteiger partial charge in [0.1, 0.15) is 0 Å². The molecule has 0 aliphatic rings. The van der Waals surface area contributed by atoms with Gasteiger partial charge < -0.3 is 10.1 Å². The average molecular weight is 193 g/mol. The summed E-state index contributed by atoms with van der Waals surface area (Å²) in [5.41, 5.74) is 2.08. The highest BCUT2D eigenvalue weighted by Crippen LogP contribution is 2.08. The second-order valence-electron chi connectivity index (χ2n) is 3.24. The van der Waals surface area contributed by atoms with Crippen LogP contribution in [0.15, 0.2) is 18.3 Å². The lowest BCUT2D eigenvalue weighted by molar-refractivity contribution is -0.131. The molecule has 0 radical (unpaired) electrons. The molecular formula is C11H15NO2. The van der Waals surface area contributed by atoms with E-state index >= 15 is 0 Å². The standard InChI is InChI=1S/C11H15NO2/c1-2-3-4-9-7-10(12-8-9)5-6-11(13)14/h5-8,12H,2-4H2,1H3,(H,13,14)/b6-5+. The molecule has 2 N–H and O–H groups in total. The highest BCUT2D eigenvalue weighted by atomic mass is 16.4. The Morgan fingerprint density at radius 1 is 1.64 bits per heavy atom. The smallest absolute Gasteiger partial charge is 0.328 e. The van der Waals surface area contributed by atoms with Crippen molar-refractivity contribution in [3.8, 4) is 0 Å². The van der Waals surface area contributed by atoms with E-state index in [1.54, 1.807) is 6.08 Å². The number of carboxylic acid groups (broad SMARTS) is 1. The van der Waals surface area contributed by atoms with E-state index in [2.05, 4.69) is 11.9 Å². The SMILES string of the molecule is CCCCc1c[nH]c(/C=C/C(=O)O)c1. The van der Waals surface area contributed by atoms with E-state index < -0.39 is 5.97 Å². The number of aliphatic carboxylic acids is 1. The number of hydrogen-bond donors (Lipinski definition) is 2. The lowest BCUT2D eigenvalue weighted by Crippen LogP contribution is -1.85. The molecule has 0 bridgehead atoms. The maximum absolute atomic E-state index is 10.3. The zero-order chi connectivity index (χ0) is 10.4. The molecule has 0 saturated carbocycles. The van der Waals surface area contributed by atoms with Crippen molar-refractivity contribution in [1.29, 1.82) is 0 Å². The van der Waals surface area contributed by atoms with Crippen LogP contribution in [0, 0.1) is 0 Å². The minimum absolute atomic E-state index is 0.846. The number of aromatic amines is 1. The van der Waals surface area contributed by atoms with Crippen LogP contribution < -0.4 is 0 Å². The first-order valence-electron chi connectivity index (χ1n) is 4.80. The Morgan fingerprint density at radius 2 is 2.43 bits per heavy atom. The summed E-state index contributed by atoms with van der Waals surface area (Å²) in [6, 6.07) is 1.98. The van der Waals surface area contributed by atoms with Crippen molar-refractivity contribution in [3.63, 3.8) is 0 Å². The Kier molecular flexibility index (Phi) is 3.98. The van der Waals surface area contributed by atoms with Gasteiger partial charge in [0, 0.05) is 18.0 Å². The Labute approximate surface area is 83.5 Å². The van der Waals surface area contributed by atoms with Gasteiger partial charge in [-0.25, -0.2) is 4.79 Å². The number of carbonyl (C=O) groups is 1. The molecule has 1 heterocycles. The first kappa shape index (κ1) is 10.6. The van der Waals surface area contributed by atoms with E-state index in [0.717, 1.165) is 18.2 Å². The highest BCUT2D eigenvalue weighted by molar-refractivity contribution is 5.84. The summed E-state index contributed by atoms with van der Waals surface area (Å²) >= 11 is 0. The first-order chi connectivity index (χ1) is 6.72. The zero-order valence-electron chi connectivity index (χ0n) is 8.29. The fraction of sp³-hybridized carbons (Fsp3) is 0.364. The molecular weight excluding hydrogens is 178 g/mol. The summed E-state index contributed by atoms with van der Waals surface area (Å²) in [5, 5.41) is 8.42. The second kappa shape index (κ2) is 5.27. The molecule has 14 heavy (non-hydrogen) atoms. The molecule has 1 rings (SSSR count). The molecule has 76 valence electrons. The predicted molar refractivity (Wildman–Crippen MR) is 56.1 cm³/mol. The molecule has 1 aromatic heterocycles. The van der Waals surface area contributed by atoms with E-state index in [1.165, 1.54) is 18.4 Å². The van der Waals surface area contributed by atoms with E-state index in [0.29, 0.717) is 0 Å². The van der Waals surface area contributed by atoms with Crippen molar-refractivity contribution in [2.45, 2.75) is 26.2 Å². The van der Waals surface area contributed by atoms with Crippen LogP contribution in [0.25, 0.3) is 6.08 Å². The lowest BCUT2D eigenvalue weighted by atomic mass is 10.1. The molecule has 0 aliphatic heterocycles. The monoisotopic (exact) mass is 193 g/mol. The summed E-state index contributed by atoms with van der Waals surface area (Å²) in [7, 11) is 0. The summed E-state index contributed by atoms with van der Waals surface area (Å²) in [6.45, 7) is 2.15. The van der Waals surface area contributed by atoms with Crippen LogP contribution >= 0.6 is 0 Å². The van der Waals surface area contributed by atoms with Gasteiger partial charge in [0.25, 0.3) is 0 Å². The molecule has 0 aliphatic carbocycles. The Hall–Kier alpha value is -1.51. The summed E-state index contributed by atoms with van der Waals surface area (Å²) in [4.78, 5) is 13.3. The number of hydrogen-bond acceptors (Lipinski definition) is 1. The molecule has 0 unspecified atom stereocenters. The maximum atomic E-state index is 10.3. The van der Waals surface area contributed by atoms with E-state index in [-0.39, 0.29) is 0 Å². The van der Waals surface area contributed by atoms with Crippen molar-refractivity contribution in [2.75, 3.05) is 0 Å². The number of nitrogens with one attached hydrogen (secondary N) is 1. The quantitative estimate of drug-likeness (QED) is 0.706. The number of aromatic nitrogens is 1. The van der Waals surface area contributed by atoms with Crippen LogP contribution in [0.4, 0.5) is 0 Å². The first-order valence-corrected chi connectivity index (χ1v) is 4.80. The summed E-state index contributed by atoms with van der Waals surface area (Å²) < 4.78 is 0. The number of unbranched alkanes of at least 4 members (excludes halogenated alkanes) is 1. The van der Waals surface area contributed by atoms with E-state index in [4.69, 9.17) is 5.11 Å². The van der Waals surface area contributed by atoms with Gasteiger partial charge in [-0.05, 0) is 30.5 Å². The Morgan fingerprint density at radius 3 is 3.07 bits per heavy atom. The van der Waals surface area contributed by atoms with Gasteiger partial charge in [0.15, 0.2) is 0 Å². The van der Waals surface area contributed by atoms with Gasteiger partial charge in [0.2, 0.25) is 0 Å². The van der Waals surface area contributed by atoms with Crippen LogP contribution in [-0.4, -0.2) is 16.1 Å². The van der Waals surface area contributed by atoms with Gasteiger partial charge in [-0.2, -0.15) is 0 Å². The molecule has 3 heteroatoms. The zero-order valence-corrected chi connectivity index (χ0v) is 8.29. The molecule has 0 atom stereocenters. The minimum atomic E-state index is -0.922. The van der Waals surface area contributed by atoms with Crippen molar-refractivity contribution < 1.29 is 9.90 Å².